The molecule has 1 aliphatic carbocycles. The van der Waals surface area contributed by atoms with Crippen LogP contribution in [-0.4, -0.2) is 5.71 Å². The molecule has 2 N–H and O–H groups in total. The fourth-order valence-corrected chi connectivity index (χ4v) is 1.42. The lowest BCUT2D eigenvalue weighted by molar-refractivity contribution is 0.497. The summed E-state index contributed by atoms with van der Waals surface area (Å²) in [6, 6.07) is 0. The molecule has 1 aliphatic rings. The van der Waals surface area contributed by atoms with E-state index in [1.54, 1.807) is 6.20 Å². The molecule has 0 saturated carbocycles. The molecular weight excluding hydrogens is 196 g/mol. The normalized spacial score (nSPS) is 22.1. The first-order valence-corrected chi connectivity index (χ1v) is 5.51. The Balaban J connectivity index is 3.09. The van der Waals surface area contributed by atoms with Crippen molar-refractivity contribution >= 4 is 5.71 Å². The van der Waals surface area contributed by atoms with Gasteiger partial charge in [0.1, 0.15) is 0 Å². The van der Waals surface area contributed by atoms with Gasteiger partial charge in [-0.2, -0.15) is 0 Å². The fraction of sp³-hybridized carbons (Fsp3) is 0.357. The monoisotopic (exact) mass is 216 g/mol. The molecule has 86 valence electrons. The van der Waals surface area contributed by atoms with Crippen LogP contribution in [0.5, 0.6) is 0 Å². The molecule has 0 aromatic heterocycles. The van der Waals surface area contributed by atoms with Crippen LogP contribution in [0.4, 0.5) is 0 Å². The van der Waals surface area contributed by atoms with Crippen molar-refractivity contribution in [2.45, 2.75) is 27.7 Å². The largest absolute Gasteiger partial charge is 0.403 e. The first-order chi connectivity index (χ1) is 7.49. The molecule has 0 heterocycles. The van der Waals surface area contributed by atoms with Crippen molar-refractivity contribution in [1.82, 2.24) is 0 Å². The van der Waals surface area contributed by atoms with Gasteiger partial charge in [-0.3, -0.25) is 4.99 Å². The van der Waals surface area contributed by atoms with Crippen LogP contribution in [0.15, 0.2) is 52.8 Å². The molecule has 0 aromatic carbocycles. The van der Waals surface area contributed by atoms with Crippen molar-refractivity contribution in [2.24, 2.45) is 16.1 Å². The van der Waals surface area contributed by atoms with Crippen LogP contribution in [0.25, 0.3) is 0 Å². The second-order valence-electron chi connectivity index (χ2n) is 4.76. The van der Waals surface area contributed by atoms with E-state index >= 15 is 0 Å². The van der Waals surface area contributed by atoms with Crippen LogP contribution in [0, 0.1) is 5.41 Å². The van der Waals surface area contributed by atoms with Gasteiger partial charge in [0.15, 0.2) is 0 Å². The summed E-state index contributed by atoms with van der Waals surface area (Å²) in [5, 5.41) is 0. The number of aliphatic imine (C=N–C) groups is 1. The lowest BCUT2D eigenvalue weighted by atomic mass is 9.92. The number of hydrogen-bond donors (Lipinski definition) is 1. The minimum Gasteiger partial charge on any atom is -0.403 e. The van der Waals surface area contributed by atoms with Gasteiger partial charge in [0.05, 0.1) is 11.4 Å². The van der Waals surface area contributed by atoms with Crippen molar-refractivity contribution in [2.75, 3.05) is 0 Å². The first-order valence-electron chi connectivity index (χ1n) is 5.51. The third-order valence-corrected chi connectivity index (χ3v) is 2.41. The van der Waals surface area contributed by atoms with E-state index in [1.807, 2.05) is 25.2 Å². The van der Waals surface area contributed by atoms with Gasteiger partial charge in [0.25, 0.3) is 0 Å². The van der Waals surface area contributed by atoms with Gasteiger partial charge >= 0.3 is 0 Å². The summed E-state index contributed by atoms with van der Waals surface area (Å²) < 4.78 is 0. The Kier molecular flexibility index (Phi) is 3.88. The summed E-state index contributed by atoms with van der Waals surface area (Å²) in [6.45, 7) is 8.33. The lowest BCUT2D eigenvalue weighted by Gasteiger charge is -2.20. The molecule has 0 aromatic rings. The molecule has 2 nitrogen and oxygen atoms in total. The third-order valence-electron chi connectivity index (χ3n) is 2.41. The topological polar surface area (TPSA) is 38.4 Å². The molecule has 0 unspecified atom stereocenters. The smallest absolute Gasteiger partial charge is 0.0702 e. The molecule has 0 bridgehead atoms. The van der Waals surface area contributed by atoms with Gasteiger partial charge in [0.2, 0.25) is 0 Å². The highest BCUT2D eigenvalue weighted by Crippen LogP contribution is 2.26. The average molecular weight is 216 g/mol. The molecule has 0 saturated heterocycles. The van der Waals surface area contributed by atoms with Gasteiger partial charge in [0, 0.05) is 11.6 Å². The molecule has 0 aliphatic heterocycles. The Morgan fingerprint density at radius 2 is 1.88 bits per heavy atom. The van der Waals surface area contributed by atoms with Crippen LogP contribution in [0.1, 0.15) is 27.7 Å². The molecule has 0 radical (unpaired) electrons. The number of nitrogens with zero attached hydrogens (tertiary/aromatic N) is 1. The first kappa shape index (κ1) is 12.5. The van der Waals surface area contributed by atoms with Gasteiger partial charge in [-0.25, -0.2) is 0 Å². The predicted molar refractivity (Wildman–Crippen MR) is 71.2 cm³/mol. The highest BCUT2D eigenvalue weighted by Gasteiger charge is 2.17. The number of hydrogen-bond acceptors (Lipinski definition) is 2. The minimum absolute atomic E-state index is 0.0321. The second-order valence-corrected chi connectivity index (χ2v) is 4.76. The van der Waals surface area contributed by atoms with E-state index in [0.717, 1.165) is 17.0 Å². The summed E-state index contributed by atoms with van der Waals surface area (Å²) >= 11 is 0. The van der Waals surface area contributed by atoms with Gasteiger partial charge < -0.3 is 5.73 Å². The third kappa shape index (κ3) is 2.96. The maximum absolute atomic E-state index is 5.63. The minimum atomic E-state index is -0.0321. The molecule has 0 atom stereocenters. The summed E-state index contributed by atoms with van der Waals surface area (Å²) in [5.74, 6) is 0. The highest BCUT2D eigenvalue weighted by molar-refractivity contribution is 6.11. The second kappa shape index (κ2) is 4.97. The zero-order valence-corrected chi connectivity index (χ0v) is 10.5. The summed E-state index contributed by atoms with van der Waals surface area (Å²) in [4.78, 5) is 4.62. The zero-order valence-electron chi connectivity index (χ0n) is 10.5. The van der Waals surface area contributed by atoms with Gasteiger partial charge in [-0.15, -0.1) is 0 Å². The molecule has 0 amide bonds. The SMILES string of the molecule is C/C=C1/C=CC=C/C1=N/C(=C\N)C(C)(C)C. The molecule has 0 fully saturated rings. The van der Waals surface area contributed by atoms with E-state index in [9.17, 15) is 0 Å². The van der Waals surface area contributed by atoms with Crippen LogP contribution in [0.2, 0.25) is 0 Å². The number of rotatable bonds is 1. The molecule has 2 heteroatoms. The van der Waals surface area contributed by atoms with Crippen LogP contribution in [0.3, 0.4) is 0 Å². The van der Waals surface area contributed by atoms with E-state index in [0.29, 0.717) is 0 Å². The van der Waals surface area contributed by atoms with Gasteiger partial charge in [-0.1, -0.05) is 45.1 Å². The van der Waals surface area contributed by atoms with E-state index in [4.69, 9.17) is 5.73 Å². The van der Waals surface area contributed by atoms with Crippen LogP contribution < -0.4 is 5.73 Å². The van der Waals surface area contributed by atoms with Crippen molar-refractivity contribution in [3.05, 3.63) is 47.9 Å². The van der Waals surface area contributed by atoms with Crippen LogP contribution in [-0.2, 0) is 0 Å². The molecular formula is C14H20N2. The summed E-state index contributed by atoms with van der Waals surface area (Å²) in [5.41, 5.74) is 8.60. The average Bonchev–Trinajstić information content (AvgIpc) is 2.24. The molecule has 1 rings (SSSR count). The Bertz CT molecular complexity index is 399. The Morgan fingerprint density at radius 1 is 1.25 bits per heavy atom. The van der Waals surface area contributed by atoms with E-state index < -0.39 is 0 Å². The van der Waals surface area contributed by atoms with E-state index in [1.165, 1.54) is 0 Å². The van der Waals surface area contributed by atoms with Crippen molar-refractivity contribution in [1.29, 1.82) is 0 Å². The Labute approximate surface area is 98.0 Å². The van der Waals surface area contributed by atoms with Crippen molar-refractivity contribution < 1.29 is 0 Å². The van der Waals surface area contributed by atoms with E-state index in [-0.39, 0.29) is 5.41 Å². The maximum atomic E-state index is 5.63. The quantitative estimate of drug-likeness (QED) is 0.717. The van der Waals surface area contributed by atoms with Crippen LogP contribution >= 0.6 is 0 Å². The fourth-order valence-electron chi connectivity index (χ4n) is 1.42. The Morgan fingerprint density at radius 3 is 2.38 bits per heavy atom. The van der Waals surface area contributed by atoms with Gasteiger partial charge in [-0.05, 0) is 18.6 Å². The van der Waals surface area contributed by atoms with E-state index in [2.05, 4.69) is 37.9 Å². The number of nitrogens with two attached hydrogens (primary N) is 1. The standard InChI is InChI=1S/C14H20N2/c1-5-11-8-6-7-9-12(11)16-13(10-15)14(2,3)4/h5-10H,15H2,1-4H3/b11-5-,13-10-,16-12-. The van der Waals surface area contributed by atoms with Crippen molar-refractivity contribution in [3.63, 3.8) is 0 Å². The predicted octanol–water partition coefficient (Wildman–Crippen LogP) is 3.35. The molecule has 0 spiro atoms. The summed E-state index contributed by atoms with van der Waals surface area (Å²) in [7, 11) is 0. The van der Waals surface area contributed by atoms with Crippen molar-refractivity contribution in [3.8, 4) is 0 Å². The lowest BCUT2D eigenvalue weighted by Crippen LogP contribution is -2.12. The highest BCUT2D eigenvalue weighted by atomic mass is 14.8. The zero-order chi connectivity index (χ0) is 12.2. The Hall–Kier alpha value is -1.57. The maximum Gasteiger partial charge on any atom is 0.0702 e. The molecule has 16 heavy (non-hydrogen) atoms. The summed E-state index contributed by atoms with van der Waals surface area (Å²) in [6.07, 6.45) is 11.7. The number of allylic oxidation sites excluding steroid dienone is 7.